The third-order valence-electron chi connectivity index (χ3n) is 5.51. The van der Waals surface area contributed by atoms with E-state index < -0.39 is 0 Å². The van der Waals surface area contributed by atoms with E-state index in [4.69, 9.17) is 0 Å². The van der Waals surface area contributed by atoms with Crippen LogP contribution >= 0.6 is 0 Å². The number of hydrogen-bond acceptors (Lipinski definition) is 3. The Balaban J connectivity index is 1.83. The molecule has 0 spiro atoms. The number of hydrogen-bond donors (Lipinski definition) is 0. The smallest absolute Gasteiger partial charge is 0.104 e. The van der Waals surface area contributed by atoms with Gasteiger partial charge in [0, 0.05) is 11.7 Å². The molecule has 2 aromatic rings. The lowest BCUT2D eigenvalue weighted by atomic mass is 10.1. The highest BCUT2D eigenvalue weighted by Gasteiger charge is 2.38. The van der Waals surface area contributed by atoms with Crippen LogP contribution in [-0.2, 0) is 0 Å². The van der Waals surface area contributed by atoms with E-state index in [9.17, 15) is 5.26 Å². The van der Waals surface area contributed by atoms with Crippen LogP contribution in [0.1, 0.15) is 43.7 Å². The van der Waals surface area contributed by atoms with Gasteiger partial charge in [0.2, 0.25) is 0 Å². The Hall–Kier alpha value is -2.47. The van der Waals surface area contributed by atoms with Gasteiger partial charge < -0.3 is 9.80 Å². The summed E-state index contributed by atoms with van der Waals surface area (Å²) in [7, 11) is 0. The molecule has 1 saturated carbocycles. The fourth-order valence-corrected chi connectivity index (χ4v) is 4.37. The monoisotopic (exact) mass is 317 g/mol. The number of benzene rings is 2. The summed E-state index contributed by atoms with van der Waals surface area (Å²) in [4.78, 5) is 5.00. The van der Waals surface area contributed by atoms with Crippen LogP contribution in [0.15, 0.2) is 42.5 Å². The van der Waals surface area contributed by atoms with Crippen molar-refractivity contribution in [1.82, 2.24) is 0 Å². The van der Waals surface area contributed by atoms with Crippen LogP contribution in [0, 0.1) is 18.3 Å². The molecule has 122 valence electrons. The van der Waals surface area contributed by atoms with E-state index in [-0.39, 0.29) is 6.17 Å². The Morgan fingerprint density at radius 3 is 2.42 bits per heavy atom. The first-order valence-electron chi connectivity index (χ1n) is 8.88. The van der Waals surface area contributed by atoms with E-state index >= 15 is 0 Å². The number of rotatable bonds is 2. The molecule has 1 heterocycles. The average Bonchev–Trinajstić information content (AvgIpc) is 3.21. The van der Waals surface area contributed by atoms with Crippen molar-refractivity contribution in [3.63, 3.8) is 0 Å². The minimum Gasteiger partial charge on any atom is -0.346 e. The molecule has 0 amide bonds. The van der Waals surface area contributed by atoms with Crippen LogP contribution < -0.4 is 9.80 Å². The number of aryl methyl sites for hydroxylation is 1. The summed E-state index contributed by atoms with van der Waals surface area (Å²) in [6.07, 6.45) is 5.50. The molecule has 1 atom stereocenters. The fourth-order valence-electron chi connectivity index (χ4n) is 4.37. The molecule has 0 N–H and O–H groups in total. The van der Waals surface area contributed by atoms with Crippen LogP contribution in [0.2, 0.25) is 0 Å². The Morgan fingerprint density at radius 2 is 1.71 bits per heavy atom. The van der Waals surface area contributed by atoms with Gasteiger partial charge in [0.1, 0.15) is 6.17 Å². The quantitative estimate of drug-likeness (QED) is 0.770. The number of fused-ring (bicyclic) bond motifs is 1. The first-order valence-corrected chi connectivity index (χ1v) is 8.88. The van der Waals surface area contributed by atoms with Gasteiger partial charge in [-0.2, -0.15) is 5.26 Å². The van der Waals surface area contributed by atoms with Crippen LogP contribution in [0.5, 0.6) is 0 Å². The molecule has 2 aliphatic rings. The van der Waals surface area contributed by atoms with Gasteiger partial charge in [-0.3, -0.25) is 0 Å². The van der Waals surface area contributed by atoms with E-state index in [0.29, 0.717) is 6.04 Å². The second-order valence-corrected chi connectivity index (χ2v) is 6.95. The van der Waals surface area contributed by atoms with Crippen molar-refractivity contribution < 1.29 is 0 Å². The third-order valence-corrected chi connectivity index (χ3v) is 5.51. The van der Waals surface area contributed by atoms with Crippen molar-refractivity contribution in [3.8, 4) is 6.07 Å². The number of anilines is 3. The highest BCUT2D eigenvalue weighted by Crippen LogP contribution is 2.47. The fraction of sp³-hybridized carbons (Fsp3) is 0.381. The molecule has 24 heavy (non-hydrogen) atoms. The highest BCUT2D eigenvalue weighted by molar-refractivity contribution is 5.85. The molecular weight excluding hydrogens is 294 g/mol. The summed E-state index contributed by atoms with van der Waals surface area (Å²) in [5.74, 6) is 0. The standard InChI is InChI=1S/C21H23N3/c1-15-11-12-17(14-22)13-21(15)24-16(2)23(18-7-3-4-8-18)19-9-5-6-10-20(19)24/h5-6,9-13,16,18H,3-4,7-8H2,1-2H3. The van der Waals surface area contributed by atoms with Crippen molar-refractivity contribution in [2.75, 3.05) is 9.80 Å². The second kappa shape index (κ2) is 5.87. The third kappa shape index (κ3) is 2.26. The molecule has 0 bridgehead atoms. The van der Waals surface area contributed by atoms with Gasteiger partial charge in [0.25, 0.3) is 0 Å². The Bertz CT molecular complexity index is 799. The lowest BCUT2D eigenvalue weighted by Crippen LogP contribution is -2.44. The topological polar surface area (TPSA) is 30.3 Å². The number of nitriles is 1. The maximum absolute atomic E-state index is 9.30. The Morgan fingerprint density at radius 1 is 1.00 bits per heavy atom. The summed E-state index contributed by atoms with van der Waals surface area (Å²) in [5.41, 5.74) is 5.67. The molecule has 0 radical (unpaired) electrons. The minimum absolute atomic E-state index is 0.276. The van der Waals surface area contributed by atoms with Crippen LogP contribution in [0.4, 0.5) is 17.1 Å². The summed E-state index contributed by atoms with van der Waals surface area (Å²) in [6, 6.07) is 17.6. The maximum atomic E-state index is 9.30. The van der Waals surface area contributed by atoms with E-state index in [1.165, 1.54) is 42.6 Å². The van der Waals surface area contributed by atoms with Gasteiger partial charge in [-0.15, -0.1) is 0 Å². The van der Waals surface area contributed by atoms with Crippen molar-refractivity contribution in [2.24, 2.45) is 0 Å². The maximum Gasteiger partial charge on any atom is 0.104 e. The van der Waals surface area contributed by atoms with Crippen molar-refractivity contribution in [2.45, 2.75) is 51.7 Å². The number of nitrogens with zero attached hydrogens (tertiary/aromatic N) is 3. The van der Waals surface area contributed by atoms with E-state index in [1.54, 1.807) is 0 Å². The predicted octanol–water partition coefficient (Wildman–Crippen LogP) is 5.11. The summed E-state index contributed by atoms with van der Waals surface area (Å²) < 4.78 is 0. The van der Waals surface area contributed by atoms with E-state index in [1.807, 2.05) is 12.1 Å². The lowest BCUT2D eigenvalue weighted by molar-refractivity contribution is 0.554. The van der Waals surface area contributed by atoms with E-state index in [0.717, 1.165) is 11.3 Å². The molecule has 3 nitrogen and oxygen atoms in total. The lowest BCUT2D eigenvalue weighted by Gasteiger charge is -2.35. The van der Waals surface area contributed by atoms with Crippen LogP contribution in [0.25, 0.3) is 0 Å². The zero-order valence-electron chi connectivity index (χ0n) is 14.4. The Labute approximate surface area is 144 Å². The summed E-state index contributed by atoms with van der Waals surface area (Å²) in [6.45, 7) is 4.42. The van der Waals surface area contributed by atoms with Crippen molar-refractivity contribution in [3.05, 3.63) is 53.6 Å². The molecular formula is C21H23N3. The largest absolute Gasteiger partial charge is 0.346 e. The second-order valence-electron chi connectivity index (χ2n) is 6.95. The van der Waals surface area contributed by atoms with Gasteiger partial charge in [-0.1, -0.05) is 31.0 Å². The molecule has 4 rings (SSSR count). The molecule has 0 aromatic heterocycles. The SMILES string of the molecule is Cc1ccc(C#N)cc1N1c2ccccc2N(C2CCCC2)C1C. The van der Waals surface area contributed by atoms with Gasteiger partial charge in [-0.05, 0) is 56.5 Å². The summed E-state index contributed by atoms with van der Waals surface area (Å²) in [5, 5.41) is 9.30. The summed E-state index contributed by atoms with van der Waals surface area (Å²) >= 11 is 0. The molecule has 1 unspecified atom stereocenters. The number of para-hydroxylation sites is 2. The zero-order chi connectivity index (χ0) is 16.7. The normalized spacial score (nSPS) is 20.3. The van der Waals surface area contributed by atoms with Crippen LogP contribution in [-0.4, -0.2) is 12.2 Å². The van der Waals surface area contributed by atoms with Gasteiger partial charge in [0.15, 0.2) is 0 Å². The van der Waals surface area contributed by atoms with Gasteiger partial charge in [-0.25, -0.2) is 0 Å². The van der Waals surface area contributed by atoms with Gasteiger partial charge in [0.05, 0.1) is 23.0 Å². The molecule has 0 saturated heterocycles. The molecule has 1 aliphatic carbocycles. The van der Waals surface area contributed by atoms with Crippen molar-refractivity contribution >= 4 is 17.1 Å². The molecule has 3 heteroatoms. The Kier molecular flexibility index (Phi) is 3.69. The molecule has 1 fully saturated rings. The first-order chi connectivity index (χ1) is 11.7. The highest BCUT2D eigenvalue weighted by atomic mass is 15.4. The first kappa shape index (κ1) is 15.1. The molecule has 2 aromatic carbocycles. The average molecular weight is 317 g/mol. The van der Waals surface area contributed by atoms with E-state index in [2.05, 4.69) is 60.0 Å². The van der Waals surface area contributed by atoms with Crippen LogP contribution in [0.3, 0.4) is 0 Å². The van der Waals surface area contributed by atoms with Crippen molar-refractivity contribution in [1.29, 1.82) is 5.26 Å². The predicted molar refractivity (Wildman–Crippen MR) is 98.7 cm³/mol. The minimum atomic E-state index is 0.276. The zero-order valence-corrected chi connectivity index (χ0v) is 14.4. The molecule has 1 aliphatic heterocycles. The van der Waals surface area contributed by atoms with Gasteiger partial charge >= 0.3 is 0 Å².